The van der Waals surface area contributed by atoms with E-state index in [1.165, 1.54) is 0 Å². The Morgan fingerprint density at radius 2 is 2.12 bits per heavy atom. The topological polar surface area (TPSA) is 95.6 Å². The second kappa shape index (κ2) is 4.28. The van der Waals surface area contributed by atoms with Crippen LogP contribution in [-0.4, -0.2) is 9.97 Å². The summed E-state index contributed by atoms with van der Waals surface area (Å²) in [6, 6.07) is 8.60. The summed E-state index contributed by atoms with van der Waals surface area (Å²) in [5.74, 6) is -0.0519. The highest BCUT2D eigenvalue weighted by Crippen LogP contribution is 2.27. The molecule has 2 aromatic rings. The molecule has 84 valence electrons. The summed E-state index contributed by atoms with van der Waals surface area (Å²) in [6.45, 7) is 0. The van der Waals surface area contributed by atoms with Crippen molar-refractivity contribution in [3.8, 4) is 17.3 Å². The molecule has 0 amide bonds. The number of halogens is 1. The second-order valence-electron chi connectivity index (χ2n) is 3.27. The van der Waals surface area contributed by atoms with Crippen molar-refractivity contribution < 1.29 is 0 Å². The van der Waals surface area contributed by atoms with E-state index >= 15 is 0 Å². The molecule has 5 nitrogen and oxygen atoms in total. The summed E-state index contributed by atoms with van der Waals surface area (Å²) in [4.78, 5) is 17.8. The molecule has 0 atom stereocenters. The first-order valence-corrected chi connectivity index (χ1v) is 5.06. The zero-order valence-electron chi connectivity index (χ0n) is 8.57. The predicted molar refractivity (Wildman–Crippen MR) is 64.4 cm³/mol. The zero-order chi connectivity index (χ0) is 12.4. The zero-order valence-corrected chi connectivity index (χ0v) is 9.32. The number of anilines is 1. The molecule has 0 aliphatic carbocycles. The normalized spacial score (nSPS) is 9.88. The van der Waals surface area contributed by atoms with E-state index in [1.807, 2.05) is 0 Å². The van der Waals surface area contributed by atoms with Crippen molar-refractivity contribution >= 4 is 17.5 Å². The molecule has 0 unspecified atom stereocenters. The third-order valence-electron chi connectivity index (χ3n) is 2.18. The van der Waals surface area contributed by atoms with Crippen molar-refractivity contribution in [2.75, 3.05) is 5.73 Å². The van der Waals surface area contributed by atoms with Crippen LogP contribution in [0.1, 0.15) is 5.56 Å². The van der Waals surface area contributed by atoms with Crippen LogP contribution in [0.2, 0.25) is 5.02 Å². The Kier molecular flexibility index (Phi) is 2.81. The highest BCUT2D eigenvalue weighted by Gasteiger charge is 2.14. The molecule has 0 radical (unpaired) electrons. The highest BCUT2D eigenvalue weighted by atomic mass is 35.5. The van der Waals surface area contributed by atoms with Gasteiger partial charge in [-0.1, -0.05) is 29.8 Å². The van der Waals surface area contributed by atoms with E-state index in [-0.39, 0.29) is 17.2 Å². The lowest BCUT2D eigenvalue weighted by Crippen LogP contribution is -2.16. The fourth-order valence-corrected chi connectivity index (χ4v) is 1.67. The summed E-state index contributed by atoms with van der Waals surface area (Å²) in [6.07, 6.45) is 0. The first kappa shape index (κ1) is 11.2. The molecule has 2 rings (SSSR count). The van der Waals surface area contributed by atoms with Gasteiger partial charge in [-0.05, 0) is 6.07 Å². The van der Waals surface area contributed by atoms with Crippen LogP contribution >= 0.6 is 11.6 Å². The van der Waals surface area contributed by atoms with Gasteiger partial charge in [-0.2, -0.15) is 5.26 Å². The van der Waals surface area contributed by atoms with Crippen molar-refractivity contribution in [2.24, 2.45) is 0 Å². The standard InChI is InChI=1S/C11H7ClN4O/c12-8-4-2-1-3-6(8)9-7(5-13)10(17)16-11(14)15-9/h1-4H,(H3,14,15,16,17). The van der Waals surface area contributed by atoms with E-state index in [9.17, 15) is 4.79 Å². The third kappa shape index (κ3) is 1.98. The van der Waals surface area contributed by atoms with Crippen molar-refractivity contribution in [1.29, 1.82) is 5.26 Å². The average Bonchev–Trinajstić information content (AvgIpc) is 2.28. The van der Waals surface area contributed by atoms with E-state index in [0.717, 1.165) is 0 Å². The van der Waals surface area contributed by atoms with Crippen molar-refractivity contribution in [3.05, 3.63) is 45.2 Å². The van der Waals surface area contributed by atoms with Gasteiger partial charge in [-0.3, -0.25) is 9.78 Å². The SMILES string of the molecule is N#Cc1c(-c2ccccc2Cl)nc(N)[nH]c1=O. The lowest BCUT2D eigenvalue weighted by atomic mass is 10.1. The van der Waals surface area contributed by atoms with Gasteiger partial charge in [0.05, 0.1) is 10.7 Å². The van der Waals surface area contributed by atoms with E-state index in [1.54, 1.807) is 30.3 Å². The van der Waals surface area contributed by atoms with Gasteiger partial charge in [-0.25, -0.2) is 4.98 Å². The number of nitrogen functional groups attached to an aromatic ring is 1. The highest BCUT2D eigenvalue weighted by molar-refractivity contribution is 6.33. The van der Waals surface area contributed by atoms with Gasteiger partial charge in [-0.15, -0.1) is 0 Å². The molecule has 17 heavy (non-hydrogen) atoms. The van der Waals surface area contributed by atoms with E-state index < -0.39 is 5.56 Å². The number of nitrogens with zero attached hydrogens (tertiary/aromatic N) is 2. The predicted octanol–water partition coefficient (Wildman–Crippen LogP) is 1.54. The second-order valence-corrected chi connectivity index (χ2v) is 3.67. The quantitative estimate of drug-likeness (QED) is 0.798. The lowest BCUT2D eigenvalue weighted by Gasteiger charge is -2.05. The minimum atomic E-state index is -0.574. The first-order valence-electron chi connectivity index (χ1n) is 4.68. The number of nitriles is 1. The molecule has 1 aromatic carbocycles. The Labute approximate surface area is 101 Å². The number of aromatic nitrogens is 2. The van der Waals surface area contributed by atoms with Crippen LogP contribution < -0.4 is 11.3 Å². The summed E-state index contributed by atoms with van der Waals surface area (Å²) in [5.41, 5.74) is 5.47. The van der Waals surface area contributed by atoms with E-state index in [4.69, 9.17) is 22.6 Å². The molecule has 0 aliphatic rings. The molecule has 0 saturated carbocycles. The molecule has 6 heteroatoms. The number of benzene rings is 1. The van der Waals surface area contributed by atoms with Crippen LogP contribution in [0.25, 0.3) is 11.3 Å². The van der Waals surface area contributed by atoms with Crippen LogP contribution in [-0.2, 0) is 0 Å². The average molecular weight is 247 g/mol. The molecule has 0 saturated heterocycles. The minimum Gasteiger partial charge on any atom is -0.369 e. The van der Waals surface area contributed by atoms with Crippen molar-refractivity contribution in [2.45, 2.75) is 0 Å². The van der Waals surface area contributed by atoms with Gasteiger partial charge in [0.15, 0.2) is 0 Å². The Bertz CT molecular complexity index is 672. The first-order chi connectivity index (χ1) is 8.13. The van der Waals surface area contributed by atoms with Gasteiger partial charge in [0.25, 0.3) is 5.56 Å². The summed E-state index contributed by atoms with van der Waals surface area (Å²) >= 11 is 5.99. The fourth-order valence-electron chi connectivity index (χ4n) is 1.44. The smallest absolute Gasteiger partial charge is 0.270 e. The Balaban J connectivity index is 2.81. The van der Waals surface area contributed by atoms with Crippen molar-refractivity contribution in [1.82, 2.24) is 9.97 Å². The van der Waals surface area contributed by atoms with Gasteiger partial charge in [0, 0.05) is 5.56 Å². The molecule has 0 bridgehead atoms. The summed E-state index contributed by atoms with van der Waals surface area (Å²) in [5, 5.41) is 9.35. The molecule has 1 aromatic heterocycles. The van der Waals surface area contributed by atoms with Gasteiger partial charge in [0.2, 0.25) is 5.95 Å². The Hall–Kier alpha value is -2.32. The number of hydrogen-bond donors (Lipinski definition) is 2. The number of aromatic amines is 1. The van der Waals surface area contributed by atoms with Crippen LogP contribution in [0.3, 0.4) is 0 Å². The largest absolute Gasteiger partial charge is 0.369 e. The molecule has 3 N–H and O–H groups in total. The number of H-pyrrole nitrogens is 1. The molecule has 0 fully saturated rings. The van der Waals surface area contributed by atoms with E-state index in [0.29, 0.717) is 10.6 Å². The van der Waals surface area contributed by atoms with Gasteiger partial charge >= 0.3 is 0 Å². The van der Waals surface area contributed by atoms with E-state index in [2.05, 4.69) is 9.97 Å². The maximum atomic E-state index is 11.5. The van der Waals surface area contributed by atoms with Crippen LogP contribution in [0.15, 0.2) is 29.1 Å². The number of rotatable bonds is 1. The van der Waals surface area contributed by atoms with Crippen LogP contribution in [0.5, 0.6) is 0 Å². The summed E-state index contributed by atoms with van der Waals surface area (Å²) in [7, 11) is 0. The number of nitrogens with two attached hydrogens (primary N) is 1. The minimum absolute atomic E-state index is 0.0519. The monoisotopic (exact) mass is 246 g/mol. The molecule has 0 spiro atoms. The maximum absolute atomic E-state index is 11.5. The third-order valence-corrected chi connectivity index (χ3v) is 2.51. The summed E-state index contributed by atoms with van der Waals surface area (Å²) < 4.78 is 0. The van der Waals surface area contributed by atoms with Crippen LogP contribution in [0.4, 0.5) is 5.95 Å². The molecule has 0 aliphatic heterocycles. The van der Waals surface area contributed by atoms with Crippen molar-refractivity contribution in [3.63, 3.8) is 0 Å². The number of nitrogens with one attached hydrogen (secondary N) is 1. The molecular formula is C11H7ClN4O. The Morgan fingerprint density at radius 3 is 2.76 bits per heavy atom. The lowest BCUT2D eigenvalue weighted by molar-refractivity contribution is 1.12. The van der Waals surface area contributed by atoms with Gasteiger partial charge in [0.1, 0.15) is 11.6 Å². The number of hydrogen-bond acceptors (Lipinski definition) is 4. The molecular weight excluding hydrogens is 240 g/mol. The Morgan fingerprint density at radius 1 is 1.41 bits per heavy atom. The van der Waals surface area contributed by atoms with Crippen LogP contribution in [0, 0.1) is 11.3 Å². The molecule has 1 heterocycles. The van der Waals surface area contributed by atoms with Gasteiger partial charge < -0.3 is 5.73 Å². The fraction of sp³-hybridized carbons (Fsp3) is 0. The maximum Gasteiger partial charge on any atom is 0.270 e.